The summed E-state index contributed by atoms with van der Waals surface area (Å²) in [5.41, 5.74) is 0. The zero-order valence-electron chi connectivity index (χ0n) is 8.63. The van der Waals surface area contributed by atoms with Crippen LogP contribution in [-0.2, 0) is 16.3 Å². The van der Waals surface area contributed by atoms with Gasteiger partial charge in [0, 0.05) is 13.1 Å². The van der Waals surface area contributed by atoms with Gasteiger partial charge in [-0.15, -0.1) is 0 Å². The van der Waals surface area contributed by atoms with E-state index in [9.17, 15) is 0 Å². The molecule has 0 saturated carbocycles. The van der Waals surface area contributed by atoms with E-state index >= 15 is 0 Å². The Hall–Kier alpha value is -0.410. The van der Waals surface area contributed by atoms with Crippen LogP contribution < -0.4 is 4.52 Å². The van der Waals surface area contributed by atoms with Crippen LogP contribution in [-0.4, -0.2) is 24.4 Å². The summed E-state index contributed by atoms with van der Waals surface area (Å²) in [5.74, 6) is 0.793. The van der Waals surface area contributed by atoms with Crippen LogP contribution in [0.25, 0.3) is 0 Å². The Morgan fingerprint density at radius 1 is 1.33 bits per heavy atom. The normalized spacial score (nSPS) is 19.5. The summed E-state index contributed by atoms with van der Waals surface area (Å²) in [4.78, 5) is 0. The van der Waals surface area contributed by atoms with E-state index in [0.717, 1.165) is 18.8 Å². The second-order valence-electron chi connectivity index (χ2n) is 3.24. The molecule has 1 aliphatic rings. The summed E-state index contributed by atoms with van der Waals surface area (Å²) in [6.45, 7) is 2.29. The van der Waals surface area contributed by atoms with Crippen molar-refractivity contribution >= 4 is 18.4 Å². The molecule has 0 spiro atoms. The summed E-state index contributed by atoms with van der Waals surface area (Å²) >= 11 is 5.46. The van der Waals surface area contributed by atoms with Crippen molar-refractivity contribution in [2.45, 2.75) is 6.92 Å². The van der Waals surface area contributed by atoms with Gasteiger partial charge in [-0.2, -0.15) is 0 Å². The highest BCUT2D eigenvalue weighted by Gasteiger charge is 2.37. The van der Waals surface area contributed by atoms with Crippen LogP contribution in [0.3, 0.4) is 0 Å². The third-order valence-electron chi connectivity index (χ3n) is 2.03. The van der Waals surface area contributed by atoms with Crippen LogP contribution in [0.1, 0.15) is 6.92 Å². The number of hydrogen-bond donors (Lipinski definition) is 0. The van der Waals surface area contributed by atoms with Gasteiger partial charge >= 0.3 is 6.64 Å². The lowest BCUT2D eigenvalue weighted by molar-refractivity contribution is 0.310. The standard InChI is InChI=1S/C10H14NO2PS/c1-2-12-14(15,11-8-9-11)13-10-6-4-3-5-7-10/h3-7H,2,8-9H2,1H3. The van der Waals surface area contributed by atoms with Gasteiger partial charge in [0.05, 0.1) is 6.61 Å². The fourth-order valence-corrected chi connectivity index (χ4v) is 3.92. The Morgan fingerprint density at radius 3 is 2.53 bits per heavy atom. The van der Waals surface area contributed by atoms with Crippen molar-refractivity contribution in [3.8, 4) is 5.75 Å². The molecule has 2 rings (SSSR count). The second kappa shape index (κ2) is 4.62. The van der Waals surface area contributed by atoms with Crippen molar-refractivity contribution in [2.24, 2.45) is 0 Å². The lowest BCUT2D eigenvalue weighted by Crippen LogP contribution is -2.05. The maximum absolute atomic E-state index is 5.80. The Bertz CT molecular complexity index is 367. The largest absolute Gasteiger partial charge is 0.433 e. The highest BCUT2D eigenvalue weighted by molar-refractivity contribution is 8.09. The molecule has 1 fully saturated rings. The quantitative estimate of drug-likeness (QED) is 0.585. The molecule has 3 nitrogen and oxygen atoms in total. The highest BCUT2D eigenvalue weighted by Crippen LogP contribution is 2.55. The monoisotopic (exact) mass is 243 g/mol. The molecule has 0 bridgehead atoms. The van der Waals surface area contributed by atoms with E-state index in [1.165, 1.54) is 0 Å². The fourth-order valence-electron chi connectivity index (χ4n) is 1.23. The summed E-state index contributed by atoms with van der Waals surface area (Å²) in [6, 6.07) is 9.63. The SMILES string of the molecule is CCOP(=S)(Oc1ccccc1)N1CC1. The first kappa shape index (κ1) is 11.1. The predicted octanol–water partition coefficient (Wildman–Crippen LogP) is 2.64. The van der Waals surface area contributed by atoms with E-state index in [1.54, 1.807) is 0 Å². The lowest BCUT2D eigenvalue weighted by Gasteiger charge is -2.22. The maximum atomic E-state index is 5.80. The van der Waals surface area contributed by atoms with Gasteiger partial charge in [0.15, 0.2) is 0 Å². The Morgan fingerprint density at radius 2 is 2.00 bits per heavy atom. The van der Waals surface area contributed by atoms with E-state index in [4.69, 9.17) is 20.9 Å². The molecule has 0 amide bonds. The van der Waals surface area contributed by atoms with Crippen molar-refractivity contribution in [3.63, 3.8) is 0 Å². The molecule has 5 heteroatoms. The van der Waals surface area contributed by atoms with E-state index in [-0.39, 0.29) is 0 Å². The van der Waals surface area contributed by atoms with Crippen LogP contribution in [0, 0.1) is 0 Å². The Balaban J connectivity index is 2.10. The molecule has 15 heavy (non-hydrogen) atoms. The fraction of sp³-hybridized carbons (Fsp3) is 0.400. The van der Waals surface area contributed by atoms with E-state index in [2.05, 4.69) is 4.67 Å². The van der Waals surface area contributed by atoms with Crippen molar-refractivity contribution < 1.29 is 9.05 Å². The molecule has 1 aliphatic heterocycles. The molecule has 0 N–H and O–H groups in total. The first-order valence-electron chi connectivity index (χ1n) is 4.99. The van der Waals surface area contributed by atoms with Crippen molar-refractivity contribution in [2.75, 3.05) is 19.7 Å². The van der Waals surface area contributed by atoms with Gasteiger partial charge in [-0.1, -0.05) is 18.2 Å². The Labute approximate surface area is 95.2 Å². The highest BCUT2D eigenvalue weighted by atomic mass is 32.5. The minimum absolute atomic E-state index is 0.598. The number of benzene rings is 1. The van der Waals surface area contributed by atoms with Crippen molar-refractivity contribution in [3.05, 3.63) is 30.3 Å². The van der Waals surface area contributed by atoms with Crippen LogP contribution in [0.15, 0.2) is 30.3 Å². The molecule has 1 atom stereocenters. The zero-order valence-corrected chi connectivity index (χ0v) is 10.3. The zero-order chi connectivity index (χ0) is 10.7. The smallest absolute Gasteiger partial charge is 0.315 e. The van der Waals surface area contributed by atoms with Gasteiger partial charge in [0.2, 0.25) is 0 Å². The minimum Gasteiger partial charge on any atom is -0.433 e. The number of nitrogens with zero attached hydrogens (tertiary/aromatic N) is 1. The minimum atomic E-state index is -2.24. The van der Waals surface area contributed by atoms with Crippen LogP contribution in [0.5, 0.6) is 5.75 Å². The van der Waals surface area contributed by atoms with Gasteiger partial charge in [0.25, 0.3) is 0 Å². The molecule has 1 saturated heterocycles. The average Bonchev–Trinajstić information content (AvgIpc) is 3.02. The lowest BCUT2D eigenvalue weighted by atomic mass is 10.3. The summed E-state index contributed by atoms with van der Waals surface area (Å²) in [5, 5.41) is 0. The predicted molar refractivity (Wildman–Crippen MR) is 64.6 cm³/mol. The molecular formula is C10H14NO2PS. The van der Waals surface area contributed by atoms with Gasteiger partial charge in [-0.25, -0.2) is 4.67 Å². The van der Waals surface area contributed by atoms with Gasteiger partial charge < -0.3 is 9.05 Å². The molecule has 1 aromatic carbocycles. The van der Waals surface area contributed by atoms with Gasteiger partial charge in [-0.3, -0.25) is 0 Å². The summed E-state index contributed by atoms with van der Waals surface area (Å²) in [6.07, 6.45) is 0. The van der Waals surface area contributed by atoms with E-state index in [0.29, 0.717) is 6.61 Å². The molecule has 0 aliphatic carbocycles. The molecule has 1 heterocycles. The van der Waals surface area contributed by atoms with Crippen molar-refractivity contribution in [1.82, 2.24) is 4.67 Å². The molecule has 0 aromatic heterocycles. The maximum Gasteiger partial charge on any atom is 0.315 e. The first-order valence-corrected chi connectivity index (χ1v) is 7.58. The molecule has 0 radical (unpaired) electrons. The Kier molecular flexibility index (Phi) is 3.42. The van der Waals surface area contributed by atoms with Crippen LogP contribution in [0.2, 0.25) is 0 Å². The van der Waals surface area contributed by atoms with E-state index < -0.39 is 6.64 Å². The molecular weight excluding hydrogens is 229 g/mol. The van der Waals surface area contributed by atoms with E-state index in [1.807, 2.05) is 37.3 Å². The van der Waals surface area contributed by atoms with Crippen LogP contribution in [0.4, 0.5) is 0 Å². The van der Waals surface area contributed by atoms with Gasteiger partial charge in [0.1, 0.15) is 5.75 Å². The molecule has 1 aromatic rings. The average molecular weight is 243 g/mol. The molecule has 82 valence electrons. The summed E-state index contributed by atoms with van der Waals surface area (Å²) in [7, 11) is 0. The topological polar surface area (TPSA) is 21.5 Å². The van der Waals surface area contributed by atoms with Crippen molar-refractivity contribution in [1.29, 1.82) is 0 Å². The molecule has 1 unspecified atom stereocenters. The van der Waals surface area contributed by atoms with Crippen LogP contribution >= 0.6 is 6.64 Å². The number of para-hydroxylation sites is 1. The summed E-state index contributed by atoms with van der Waals surface area (Å²) < 4.78 is 13.5. The van der Waals surface area contributed by atoms with Gasteiger partial charge in [-0.05, 0) is 30.9 Å². The number of rotatable bonds is 5. The second-order valence-corrected chi connectivity index (χ2v) is 6.57. The number of hydrogen-bond acceptors (Lipinski definition) is 3. The first-order chi connectivity index (χ1) is 7.24. The third kappa shape index (κ3) is 2.79. The third-order valence-corrected chi connectivity index (χ3v) is 5.38.